The number of hydrogen-bond donors (Lipinski definition) is 1. The Morgan fingerprint density at radius 3 is 2.61 bits per heavy atom. The fourth-order valence-electron chi connectivity index (χ4n) is 5.24. The number of rotatable bonds is 6. The Morgan fingerprint density at radius 2 is 1.84 bits per heavy atom. The van der Waals surface area contributed by atoms with Crippen molar-refractivity contribution in [3.63, 3.8) is 0 Å². The number of carbonyl (C=O) groups is 4. The molecule has 10 heteroatoms. The first kappa shape index (κ1) is 25.3. The van der Waals surface area contributed by atoms with Gasteiger partial charge >= 0.3 is 6.09 Å². The van der Waals surface area contributed by atoms with E-state index >= 15 is 0 Å². The summed E-state index contributed by atoms with van der Waals surface area (Å²) in [6.07, 6.45) is 1.56. The van der Waals surface area contributed by atoms with Crippen LogP contribution in [0.3, 0.4) is 0 Å². The third kappa shape index (κ3) is 5.06. The number of nitrogens with one attached hydrogen (secondary N) is 1. The molecular weight excluding hydrogens is 486 g/mol. The molecule has 1 aromatic carbocycles. The van der Waals surface area contributed by atoms with Crippen molar-refractivity contribution in [1.82, 2.24) is 25.1 Å². The number of para-hydroxylation sites is 1. The molecule has 0 saturated carbocycles. The van der Waals surface area contributed by atoms with E-state index in [-0.39, 0.29) is 41.6 Å². The molecule has 3 atom stereocenters. The normalized spacial score (nSPS) is 19.5. The summed E-state index contributed by atoms with van der Waals surface area (Å²) in [6.45, 7) is 4.12. The zero-order chi connectivity index (χ0) is 26.8. The first-order chi connectivity index (χ1) is 18.3. The summed E-state index contributed by atoms with van der Waals surface area (Å²) in [4.78, 5) is 63.9. The second-order valence-electron chi connectivity index (χ2n) is 10.0. The summed E-state index contributed by atoms with van der Waals surface area (Å²) in [6, 6.07) is 13.8. The third-order valence-electron chi connectivity index (χ3n) is 6.92. The Kier molecular flexibility index (Phi) is 7.04. The Hall–Kier alpha value is -4.34. The fraction of sp³-hybridized carbons (Fsp3) is 0.357. The topological polar surface area (TPSA) is 122 Å². The van der Waals surface area contributed by atoms with Crippen LogP contribution in [-0.4, -0.2) is 74.7 Å². The minimum absolute atomic E-state index is 0.0769. The van der Waals surface area contributed by atoms with Crippen molar-refractivity contribution in [1.29, 1.82) is 0 Å². The Labute approximate surface area is 220 Å². The molecule has 3 amide bonds. The van der Waals surface area contributed by atoms with Gasteiger partial charge in [-0.25, -0.2) is 9.78 Å². The van der Waals surface area contributed by atoms with Gasteiger partial charge in [0, 0.05) is 24.2 Å². The van der Waals surface area contributed by atoms with E-state index in [9.17, 15) is 19.2 Å². The molecule has 2 saturated heterocycles. The molecule has 2 aliphatic rings. The lowest BCUT2D eigenvalue weighted by Gasteiger charge is -2.28. The SMILES string of the molecule is CC(C)CC(NC(=O)Oc1ccc2ccccc2n1)C(=O)N1CCC2C1C(=O)CN2C(=O)c1ccccn1. The lowest BCUT2D eigenvalue weighted by Crippen LogP contribution is -2.53. The van der Waals surface area contributed by atoms with Crippen LogP contribution >= 0.6 is 0 Å². The second kappa shape index (κ2) is 10.6. The van der Waals surface area contributed by atoms with Gasteiger partial charge in [-0.3, -0.25) is 19.4 Å². The Balaban J connectivity index is 1.29. The van der Waals surface area contributed by atoms with Gasteiger partial charge in [0.05, 0.1) is 18.1 Å². The van der Waals surface area contributed by atoms with Crippen LogP contribution in [0.25, 0.3) is 10.9 Å². The van der Waals surface area contributed by atoms with Crippen molar-refractivity contribution < 1.29 is 23.9 Å². The van der Waals surface area contributed by atoms with E-state index in [1.165, 1.54) is 16.0 Å². The van der Waals surface area contributed by atoms with Crippen LogP contribution in [0.1, 0.15) is 37.2 Å². The molecule has 0 bridgehead atoms. The zero-order valence-corrected chi connectivity index (χ0v) is 21.2. The highest BCUT2D eigenvalue weighted by atomic mass is 16.6. The van der Waals surface area contributed by atoms with Crippen molar-refractivity contribution >= 4 is 34.6 Å². The molecule has 0 aliphatic carbocycles. The maximum absolute atomic E-state index is 13.7. The molecule has 1 N–H and O–H groups in total. The molecule has 4 heterocycles. The number of ketones is 1. The van der Waals surface area contributed by atoms with Gasteiger partial charge in [-0.15, -0.1) is 0 Å². The highest BCUT2D eigenvalue weighted by Gasteiger charge is 2.52. The molecule has 3 aromatic rings. The predicted molar refractivity (Wildman–Crippen MR) is 138 cm³/mol. The molecule has 0 spiro atoms. The number of likely N-dealkylation sites (tertiary alicyclic amines) is 2. The molecule has 3 unspecified atom stereocenters. The van der Waals surface area contributed by atoms with Gasteiger partial charge in [-0.05, 0) is 43.0 Å². The molecule has 0 radical (unpaired) electrons. The minimum atomic E-state index is -0.893. The van der Waals surface area contributed by atoms with Crippen LogP contribution in [-0.2, 0) is 9.59 Å². The minimum Gasteiger partial charge on any atom is -0.391 e. The van der Waals surface area contributed by atoms with Gasteiger partial charge in [0.15, 0.2) is 5.78 Å². The average Bonchev–Trinajstić information content (AvgIpc) is 3.49. The number of Topliss-reactive ketones (excluding diaryl/α,β-unsaturated/α-hetero) is 1. The lowest BCUT2D eigenvalue weighted by atomic mass is 10.0. The molecule has 2 aromatic heterocycles. The molecule has 196 valence electrons. The number of aromatic nitrogens is 2. The van der Waals surface area contributed by atoms with Crippen LogP contribution in [0, 0.1) is 5.92 Å². The highest BCUT2D eigenvalue weighted by Crippen LogP contribution is 2.31. The summed E-state index contributed by atoms with van der Waals surface area (Å²) in [5.41, 5.74) is 0.940. The largest absolute Gasteiger partial charge is 0.414 e. The van der Waals surface area contributed by atoms with Crippen LogP contribution in [0.15, 0.2) is 60.8 Å². The van der Waals surface area contributed by atoms with Crippen molar-refractivity contribution in [2.75, 3.05) is 13.1 Å². The molecule has 2 aliphatic heterocycles. The molecule has 38 heavy (non-hydrogen) atoms. The van der Waals surface area contributed by atoms with E-state index in [2.05, 4.69) is 15.3 Å². The van der Waals surface area contributed by atoms with Crippen LogP contribution < -0.4 is 10.1 Å². The summed E-state index contributed by atoms with van der Waals surface area (Å²) in [5, 5.41) is 3.59. The number of fused-ring (bicyclic) bond motifs is 2. The molecule has 5 rings (SSSR count). The van der Waals surface area contributed by atoms with Crippen molar-refractivity contribution in [3.05, 3.63) is 66.5 Å². The van der Waals surface area contributed by atoms with Gasteiger partial charge in [0.1, 0.15) is 17.8 Å². The summed E-state index contributed by atoms with van der Waals surface area (Å²) < 4.78 is 5.39. The molecular formula is C28H29N5O5. The number of benzene rings is 1. The first-order valence-electron chi connectivity index (χ1n) is 12.7. The first-order valence-corrected chi connectivity index (χ1v) is 12.7. The van der Waals surface area contributed by atoms with Gasteiger partial charge in [-0.2, -0.15) is 0 Å². The number of amides is 3. The van der Waals surface area contributed by atoms with Crippen LogP contribution in [0.2, 0.25) is 0 Å². The standard InChI is InChI=1S/C28H29N5O5/c1-17(2)15-21(31-28(37)38-24-11-10-18-7-3-4-8-19(18)30-24)27(36)32-14-12-22-25(32)23(34)16-33(22)26(35)20-9-5-6-13-29-20/h3-11,13,17,21-22,25H,12,14-16H2,1-2H3,(H,31,37). The summed E-state index contributed by atoms with van der Waals surface area (Å²) >= 11 is 0. The number of hydrogen-bond acceptors (Lipinski definition) is 7. The number of nitrogens with zero attached hydrogens (tertiary/aromatic N) is 4. The molecule has 2 fully saturated rings. The van der Waals surface area contributed by atoms with Gasteiger partial charge in [0.25, 0.3) is 5.91 Å². The van der Waals surface area contributed by atoms with E-state index in [4.69, 9.17) is 4.74 Å². The van der Waals surface area contributed by atoms with E-state index in [1.54, 1.807) is 30.3 Å². The van der Waals surface area contributed by atoms with E-state index in [0.29, 0.717) is 24.9 Å². The van der Waals surface area contributed by atoms with Crippen LogP contribution in [0.4, 0.5) is 4.79 Å². The van der Waals surface area contributed by atoms with Crippen LogP contribution in [0.5, 0.6) is 5.88 Å². The Morgan fingerprint density at radius 1 is 1.05 bits per heavy atom. The van der Waals surface area contributed by atoms with Gasteiger partial charge in [-0.1, -0.05) is 38.1 Å². The zero-order valence-electron chi connectivity index (χ0n) is 21.2. The molecule has 10 nitrogen and oxygen atoms in total. The maximum Gasteiger partial charge on any atom is 0.414 e. The summed E-state index contributed by atoms with van der Waals surface area (Å²) in [7, 11) is 0. The quantitative estimate of drug-likeness (QED) is 0.536. The third-order valence-corrected chi connectivity index (χ3v) is 6.92. The second-order valence-corrected chi connectivity index (χ2v) is 10.0. The van der Waals surface area contributed by atoms with E-state index < -0.39 is 24.2 Å². The average molecular weight is 516 g/mol. The van der Waals surface area contributed by atoms with Crippen molar-refractivity contribution in [2.45, 2.75) is 44.8 Å². The number of pyridine rings is 2. The van der Waals surface area contributed by atoms with Gasteiger partial charge < -0.3 is 19.9 Å². The monoisotopic (exact) mass is 515 g/mol. The van der Waals surface area contributed by atoms with Gasteiger partial charge in [0.2, 0.25) is 11.8 Å². The maximum atomic E-state index is 13.7. The predicted octanol–water partition coefficient (Wildman–Crippen LogP) is 2.83. The van der Waals surface area contributed by atoms with E-state index in [0.717, 1.165) is 5.39 Å². The number of ether oxygens (including phenoxy) is 1. The summed E-state index contributed by atoms with van der Waals surface area (Å²) in [5.74, 6) is -0.689. The highest BCUT2D eigenvalue weighted by molar-refractivity contribution is 6.02. The van der Waals surface area contributed by atoms with Crippen molar-refractivity contribution in [2.24, 2.45) is 5.92 Å². The number of carbonyl (C=O) groups excluding carboxylic acids is 4. The van der Waals surface area contributed by atoms with E-state index in [1.807, 2.05) is 38.1 Å². The van der Waals surface area contributed by atoms with Crippen molar-refractivity contribution in [3.8, 4) is 5.88 Å². The lowest BCUT2D eigenvalue weighted by molar-refractivity contribution is -0.138. The smallest absolute Gasteiger partial charge is 0.391 e. The Bertz CT molecular complexity index is 1380. The fourth-order valence-corrected chi connectivity index (χ4v) is 5.24.